The fraction of sp³-hybridized carbons (Fsp3) is 0.409. The van der Waals surface area contributed by atoms with Gasteiger partial charge < -0.3 is 20.2 Å². The lowest BCUT2D eigenvalue weighted by atomic mass is 9.98. The van der Waals surface area contributed by atoms with Gasteiger partial charge in [0.1, 0.15) is 11.6 Å². The number of piperazine rings is 1. The maximum Gasteiger partial charge on any atom is 0.404 e. The molecular weight excluding hydrogens is 467 g/mol. The first kappa shape index (κ1) is 23.0. The highest BCUT2D eigenvalue weighted by Crippen LogP contribution is 2.26. The number of hydrogen-bond donors (Lipinski definition) is 2. The minimum absolute atomic E-state index is 0.0406. The quantitative estimate of drug-likeness (QED) is 0.598. The van der Waals surface area contributed by atoms with Crippen molar-refractivity contribution < 1.29 is 19.1 Å². The van der Waals surface area contributed by atoms with Crippen molar-refractivity contribution in [1.29, 1.82) is 0 Å². The normalized spacial score (nSPS) is 16.3. The van der Waals surface area contributed by atoms with Crippen LogP contribution in [-0.4, -0.2) is 59.2 Å². The van der Waals surface area contributed by atoms with Gasteiger partial charge in [-0.25, -0.2) is 14.2 Å². The Labute approximate surface area is 189 Å². The molecule has 0 spiro atoms. The first-order valence-corrected chi connectivity index (χ1v) is 11.0. The van der Waals surface area contributed by atoms with E-state index in [2.05, 4.69) is 31.1 Å². The molecule has 2 N–H and O–H groups in total. The Hall–Kier alpha value is -2.68. The summed E-state index contributed by atoms with van der Waals surface area (Å²) < 4.78 is 14.0. The largest absolute Gasteiger partial charge is 0.465 e. The standard InChI is InChI=1S/C22H26BrFN4O3/c1-14-10-16(4-3-7-25-22(30)31)18(11-19(14)23)21(29)28-9-8-27(13-15(28)2)20-6-5-17(24)12-26-20/h5-6,10-12,15,25H,3-4,7-9,13H2,1-2H3,(H,30,31)/t15-/m0/s1. The van der Waals surface area contributed by atoms with E-state index in [0.29, 0.717) is 50.4 Å². The predicted octanol–water partition coefficient (Wildman–Crippen LogP) is 3.84. The van der Waals surface area contributed by atoms with Crippen LogP contribution in [0.1, 0.15) is 34.8 Å². The molecular formula is C22H26BrFN4O3. The average molecular weight is 493 g/mol. The smallest absolute Gasteiger partial charge is 0.404 e. The number of aromatic nitrogens is 1. The van der Waals surface area contributed by atoms with Crippen LogP contribution in [-0.2, 0) is 6.42 Å². The third kappa shape index (κ3) is 5.72. The molecule has 1 aromatic carbocycles. The van der Waals surface area contributed by atoms with Gasteiger partial charge in [0.05, 0.1) is 6.20 Å². The van der Waals surface area contributed by atoms with Crippen LogP contribution in [0.3, 0.4) is 0 Å². The molecule has 1 saturated heterocycles. The molecule has 31 heavy (non-hydrogen) atoms. The molecule has 1 aromatic heterocycles. The van der Waals surface area contributed by atoms with E-state index in [-0.39, 0.29) is 17.8 Å². The number of hydrogen-bond acceptors (Lipinski definition) is 4. The minimum atomic E-state index is -1.05. The van der Waals surface area contributed by atoms with Crippen molar-refractivity contribution in [2.45, 2.75) is 32.7 Å². The Balaban J connectivity index is 1.73. The Bertz CT molecular complexity index is 955. The number of anilines is 1. The highest BCUT2D eigenvalue weighted by atomic mass is 79.9. The third-order valence-corrected chi connectivity index (χ3v) is 6.29. The second kappa shape index (κ2) is 10.1. The van der Waals surface area contributed by atoms with E-state index >= 15 is 0 Å². The number of carbonyl (C=O) groups excluding carboxylic acids is 1. The van der Waals surface area contributed by atoms with E-state index in [4.69, 9.17) is 5.11 Å². The molecule has 2 aromatic rings. The number of nitrogens with one attached hydrogen (secondary N) is 1. The lowest BCUT2D eigenvalue weighted by Crippen LogP contribution is -2.54. The van der Waals surface area contributed by atoms with Crippen LogP contribution >= 0.6 is 15.9 Å². The molecule has 3 rings (SSSR count). The zero-order chi connectivity index (χ0) is 22.5. The summed E-state index contributed by atoms with van der Waals surface area (Å²) >= 11 is 3.53. The van der Waals surface area contributed by atoms with Crippen LogP contribution in [0.2, 0.25) is 0 Å². The fourth-order valence-corrected chi connectivity index (χ4v) is 4.14. The number of amides is 2. The van der Waals surface area contributed by atoms with Gasteiger partial charge in [0.15, 0.2) is 0 Å². The zero-order valence-electron chi connectivity index (χ0n) is 17.6. The first-order chi connectivity index (χ1) is 14.8. The monoisotopic (exact) mass is 492 g/mol. The summed E-state index contributed by atoms with van der Waals surface area (Å²) in [5.41, 5.74) is 2.57. The molecule has 0 bridgehead atoms. The van der Waals surface area contributed by atoms with Gasteiger partial charge in [-0.05, 0) is 56.0 Å². The Morgan fingerprint density at radius 3 is 2.74 bits per heavy atom. The molecule has 0 unspecified atom stereocenters. The highest BCUT2D eigenvalue weighted by molar-refractivity contribution is 9.10. The zero-order valence-corrected chi connectivity index (χ0v) is 19.2. The van der Waals surface area contributed by atoms with Crippen molar-refractivity contribution in [2.75, 3.05) is 31.1 Å². The number of aryl methyl sites for hydroxylation is 2. The molecule has 166 valence electrons. The predicted molar refractivity (Wildman–Crippen MR) is 120 cm³/mol. The van der Waals surface area contributed by atoms with Crippen molar-refractivity contribution in [1.82, 2.24) is 15.2 Å². The first-order valence-electron chi connectivity index (χ1n) is 10.2. The average Bonchev–Trinajstić information content (AvgIpc) is 2.73. The second-order valence-electron chi connectivity index (χ2n) is 7.72. The number of rotatable bonds is 6. The molecule has 9 heteroatoms. The summed E-state index contributed by atoms with van der Waals surface area (Å²) in [6.07, 6.45) is 1.36. The van der Waals surface area contributed by atoms with E-state index in [1.807, 2.05) is 30.9 Å². The van der Waals surface area contributed by atoms with Crippen LogP contribution in [0.25, 0.3) is 0 Å². The van der Waals surface area contributed by atoms with Crippen molar-refractivity contribution in [3.05, 3.63) is 57.4 Å². The van der Waals surface area contributed by atoms with E-state index in [9.17, 15) is 14.0 Å². The van der Waals surface area contributed by atoms with E-state index in [0.717, 1.165) is 15.6 Å². The molecule has 1 atom stereocenters. The van der Waals surface area contributed by atoms with Gasteiger partial charge in [0.2, 0.25) is 0 Å². The number of carboxylic acid groups (broad SMARTS) is 1. The maximum atomic E-state index is 13.4. The summed E-state index contributed by atoms with van der Waals surface area (Å²) in [7, 11) is 0. The summed E-state index contributed by atoms with van der Waals surface area (Å²) in [6.45, 7) is 6.04. The topological polar surface area (TPSA) is 85.8 Å². The van der Waals surface area contributed by atoms with Gasteiger partial charge in [-0.3, -0.25) is 4.79 Å². The molecule has 1 aliphatic heterocycles. The SMILES string of the molecule is Cc1cc(CCCNC(=O)O)c(C(=O)N2CCN(c3ccc(F)cn3)C[C@@H]2C)cc1Br. The van der Waals surface area contributed by atoms with Gasteiger partial charge in [-0.1, -0.05) is 22.0 Å². The van der Waals surface area contributed by atoms with Crippen LogP contribution in [0.5, 0.6) is 0 Å². The van der Waals surface area contributed by atoms with Crippen LogP contribution in [0, 0.1) is 12.7 Å². The van der Waals surface area contributed by atoms with Gasteiger partial charge >= 0.3 is 6.09 Å². The minimum Gasteiger partial charge on any atom is -0.465 e. The second-order valence-corrected chi connectivity index (χ2v) is 8.58. The van der Waals surface area contributed by atoms with Gasteiger partial charge in [0.25, 0.3) is 5.91 Å². The lowest BCUT2D eigenvalue weighted by molar-refractivity contribution is 0.0672. The molecule has 0 aliphatic carbocycles. The number of pyridine rings is 1. The van der Waals surface area contributed by atoms with Crippen molar-refractivity contribution in [3.8, 4) is 0 Å². The molecule has 0 radical (unpaired) electrons. The van der Waals surface area contributed by atoms with E-state index in [1.54, 1.807) is 6.07 Å². The van der Waals surface area contributed by atoms with Crippen molar-refractivity contribution >= 4 is 33.7 Å². The summed E-state index contributed by atoms with van der Waals surface area (Å²) in [5, 5.41) is 11.1. The number of nitrogens with zero attached hydrogens (tertiary/aromatic N) is 3. The maximum absolute atomic E-state index is 13.4. The number of halogens is 2. The van der Waals surface area contributed by atoms with Crippen LogP contribution < -0.4 is 10.2 Å². The molecule has 1 aliphatic rings. The molecule has 1 fully saturated rings. The summed E-state index contributed by atoms with van der Waals surface area (Å²) in [6, 6.07) is 6.84. The van der Waals surface area contributed by atoms with Gasteiger partial charge in [-0.2, -0.15) is 0 Å². The highest BCUT2D eigenvalue weighted by Gasteiger charge is 2.30. The van der Waals surface area contributed by atoms with Gasteiger partial charge in [-0.15, -0.1) is 0 Å². The Kier molecular flexibility index (Phi) is 7.48. The summed E-state index contributed by atoms with van der Waals surface area (Å²) in [4.78, 5) is 32.2. The number of carbonyl (C=O) groups is 2. The van der Waals surface area contributed by atoms with Crippen LogP contribution in [0.4, 0.5) is 15.0 Å². The molecule has 7 nitrogen and oxygen atoms in total. The Morgan fingerprint density at radius 1 is 1.32 bits per heavy atom. The van der Waals surface area contributed by atoms with Crippen molar-refractivity contribution in [2.24, 2.45) is 0 Å². The van der Waals surface area contributed by atoms with Crippen molar-refractivity contribution in [3.63, 3.8) is 0 Å². The summed E-state index contributed by atoms with van der Waals surface area (Å²) in [5.74, 6) is 0.285. The molecule has 2 amide bonds. The molecule has 0 saturated carbocycles. The fourth-order valence-electron chi connectivity index (χ4n) is 3.80. The number of benzene rings is 1. The van der Waals surface area contributed by atoms with E-state index in [1.165, 1.54) is 12.3 Å². The van der Waals surface area contributed by atoms with Gasteiger partial charge in [0, 0.05) is 42.3 Å². The third-order valence-electron chi connectivity index (χ3n) is 5.44. The lowest BCUT2D eigenvalue weighted by Gasteiger charge is -2.40. The Morgan fingerprint density at radius 2 is 2.10 bits per heavy atom. The van der Waals surface area contributed by atoms with E-state index < -0.39 is 6.09 Å². The van der Waals surface area contributed by atoms with Crippen LogP contribution in [0.15, 0.2) is 34.9 Å². The molecule has 2 heterocycles.